The van der Waals surface area contributed by atoms with E-state index in [1.165, 1.54) is 0 Å². The van der Waals surface area contributed by atoms with Crippen LogP contribution in [0.15, 0.2) is 0 Å². The number of amides is 1. The molecule has 0 saturated carbocycles. The first kappa shape index (κ1) is 15.0. The van der Waals surface area contributed by atoms with Gasteiger partial charge in [0.1, 0.15) is 11.4 Å². The van der Waals surface area contributed by atoms with Crippen molar-refractivity contribution in [2.75, 3.05) is 11.9 Å². The van der Waals surface area contributed by atoms with Crippen molar-refractivity contribution >= 4 is 17.7 Å². The molecule has 1 amide bonds. The zero-order valence-electron chi connectivity index (χ0n) is 11.3. The fourth-order valence-corrected chi connectivity index (χ4v) is 1.94. The standard InChI is InChI=1S/C12H20N4O3/c1-8-10(11(13)19)12(16(2)15-8)14-7-5-3-4-6-9(17)18/h14H,3-7H2,1-2H3,(H2,13,19)(H,17,18). The molecule has 0 bridgehead atoms. The van der Waals surface area contributed by atoms with E-state index in [0.29, 0.717) is 30.0 Å². The van der Waals surface area contributed by atoms with Crippen molar-refractivity contribution in [2.45, 2.75) is 32.6 Å². The molecule has 0 aliphatic heterocycles. The number of carbonyl (C=O) groups excluding carboxylic acids is 1. The number of unbranched alkanes of at least 4 members (excludes halogenated alkanes) is 2. The Bertz CT molecular complexity index is 468. The van der Waals surface area contributed by atoms with Crippen molar-refractivity contribution in [1.82, 2.24) is 9.78 Å². The van der Waals surface area contributed by atoms with E-state index < -0.39 is 11.9 Å². The van der Waals surface area contributed by atoms with Crippen LogP contribution in [0.2, 0.25) is 0 Å². The number of nitrogens with zero attached hydrogens (tertiary/aromatic N) is 2. The molecule has 1 heterocycles. The normalized spacial score (nSPS) is 10.4. The third-order valence-corrected chi connectivity index (χ3v) is 2.83. The van der Waals surface area contributed by atoms with Crippen molar-refractivity contribution in [1.29, 1.82) is 0 Å². The number of nitrogens with two attached hydrogens (primary N) is 1. The highest BCUT2D eigenvalue weighted by Crippen LogP contribution is 2.18. The molecule has 4 N–H and O–H groups in total. The van der Waals surface area contributed by atoms with Gasteiger partial charge in [0.05, 0.1) is 5.69 Å². The molecule has 1 aromatic rings. The summed E-state index contributed by atoms with van der Waals surface area (Å²) in [6.45, 7) is 2.39. The third-order valence-electron chi connectivity index (χ3n) is 2.83. The summed E-state index contributed by atoms with van der Waals surface area (Å²) in [7, 11) is 1.74. The van der Waals surface area contributed by atoms with Gasteiger partial charge in [-0.3, -0.25) is 14.3 Å². The summed E-state index contributed by atoms with van der Waals surface area (Å²) in [4.78, 5) is 21.7. The van der Waals surface area contributed by atoms with E-state index in [4.69, 9.17) is 10.8 Å². The summed E-state index contributed by atoms with van der Waals surface area (Å²) in [6.07, 6.45) is 2.50. The number of hydrogen-bond acceptors (Lipinski definition) is 4. The van der Waals surface area contributed by atoms with Crippen molar-refractivity contribution in [3.8, 4) is 0 Å². The topological polar surface area (TPSA) is 110 Å². The average molecular weight is 268 g/mol. The minimum Gasteiger partial charge on any atom is -0.481 e. The number of carboxylic acid groups (broad SMARTS) is 1. The van der Waals surface area contributed by atoms with Crippen molar-refractivity contribution in [3.63, 3.8) is 0 Å². The largest absolute Gasteiger partial charge is 0.481 e. The summed E-state index contributed by atoms with van der Waals surface area (Å²) in [5.74, 6) is -0.659. The first-order valence-electron chi connectivity index (χ1n) is 6.22. The average Bonchev–Trinajstić information content (AvgIpc) is 2.58. The van der Waals surface area contributed by atoms with Crippen molar-refractivity contribution in [2.24, 2.45) is 12.8 Å². The van der Waals surface area contributed by atoms with Gasteiger partial charge in [-0.05, 0) is 19.8 Å². The Balaban J connectivity index is 2.45. The number of carbonyl (C=O) groups is 2. The summed E-state index contributed by atoms with van der Waals surface area (Å²) in [5.41, 5.74) is 6.33. The predicted molar refractivity (Wildman–Crippen MR) is 71.1 cm³/mol. The molecule has 0 radical (unpaired) electrons. The number of hydrogen-bond donors (Lipinski definition) is 3. The third kappa shape index (κ3) is 4.27. The zero-order valence-corrected chi connectivity index (χ0v) is 11.3. The molecule has 0 saturated heterocycles. The molecule has 0 spiro atoms. The molecule has 0 aromatic carbocycles. The molecule has 0 atom stereocenters. The Morgan fingerprint density at radius 2 is 2.05 bits per heavy atom. The van der Waals surface area contributed by atoms with Gasteiger partial charge < -0.3 is 16.2 Å². The maximum absolute atomic E-state index is 11.3. The Morgan fingerprint density at radius 1 is 1.37 bits per heavy atom. The van der Waals surface area contributed by atoms with Gasteiger partial charge in [0.15, 0.2) is 0 Å². The van der Waals surface area contributed by atoms with E-state index in [1.54, 1.807) is 18.7 Å². The number of rotatable bonds is 8. The maximum atomic E-state index is 11.3. The van der Waals surface area contributed by atoms with E-state index in [2.05, 4.69) is 10.4 Å². The van der Waals surface area contributed by atoms with Gasteiger partial charge in [0.25, 0.3) is 5.91 Å². The number of aliphatic carboxylic acids is 1. The molecule has 1 rings (SSSR count). The lowest BCUT2D eigenvalue weighted by Crippen LogP contribution is -2.16. The SMILES string of the molecule is Cc1nn(C)c(NCCCCCC(=O)O)c1C(N)=O. The van der Waals surface area contributed by atoms with E-state index in [9.17, 15) is 9.59 Å². The smallest absolute Gasteiger partial charge is 0.303 e. The first-order chi connectivity index (χ1) is 8.93. The van der Waals surface area contributed by atoms with E-state index in [-0.39, 0.29) is 6.42 Å². The Labute approximate surface area is 111 Å². The fraction of sp³-hybridized carbons (Fsp3) is 0.583. The maximum Gasteiger partial charge on any atom is 0.303 e. The van der Waals surface area contributed by atoms with Gasteiger partial charge >= 0.3 is 5.97 Å². The quantitative estimate of drug-likeness (QED) is 0.606. The lowest BCUT2D eigenvalue weighted by atomic mass is 10.2. The predicted octanol–water partition coefficient (Wildman–Crippen LogP) is 0.884. The Kier molecular flexibility index (Phi) is 5.35. The van der Waals surface area contributed by atoms with Crippen LogP contribution < -0.4 is 11.1 Å². The zero-order chi connectivity index (χ0) is 14.4. The first-order valence-corrected chi connectivity index (χ1v) is 6.22. The number of carboxylic acids is 1. The molecule has 106 valence electrons. The van der Waals surface area contributed by atoms with Crippen LogP contribution in [0.4, 0.5) is 5.82 Å². The molecular formula is C12H20N4O3. The van der Waals surface area contributed by atoms with Crippen LogP contribution in [0.3, 0.4) is 0 Å². The van der Waals surface area contributed by atoms with Crippen molar-refractivity contribution < 1.29 is 14.7 Å². The Morgan fingerprint density at radius 3 is 2.63 bits per heavy atom. The molecule has 0 aliphatic carbocycles. The van der Waals surface area contributed by atoms with Gasteiger partial charge in [-0.25, -0.2) is 0 Å². The van der Waals surface area contributed by atoms with Crippen LogP contribution >= 0.6 is 0 Å². The van der Waals surface area contributed by atoms with Crippen LogP contribution in [0.25, 0.3) is 0 Å². The van der Waals surface area contributed by atoms with Crippen LogP contribution in [-0.2, 0) is 11.8 Å². The van der Waals surface area contributed by atoms with Gasteiger partial charge in [-0.2, -0.15) is 5.10 Å². The highest BCUT2D eigenvalue weighted by Gasteiger charge is 2.17. The molecule has 7 heteroatoms. The molecule has 1 aromatic heterocycles. The molecule has 7 nitrogen and oxygen atoms in total. The second-order valence-corrected chi connectivity index (χ2v) is 4.43. The Hall–Kier alpha value is -2.05. The molecule has 0 aliphatic rings. The summed E-state index contributed by atoms with van der Waals surface area (Å²) in [5, 5.41) is 15.8. The highest BCUT2D eigenvalue weighted by atomic mass is 16.4. The van der Waals surface area contributed by atoms with Crippen molar-refractivity contribution in [3.05, 3.63) is 11.3 Å². The number of aryl methyl sites for hydroxylation is 2. The van der Waals surface area contributed by atoms with E-state index in [0.717, 1.165) is 12.8 Å². The lowest BCUT2D eigenvalue weighted by Gasteiger charge is -2.08. The lowest BCUT2D eigenvalue weighted by molar-refractivity contribution is -0.137. The van der Waals surface area contributed by atoms with Gasteiger partial charge in [-0.1, -0.05) is 6.42 Å². The number of anilines is 1. The monoisotopic (exact) mass is 268 g/mol. The second kappa shape index (κ2) is 6.77. The molecule has 0 unspecified atom stereocenters. The van der Waals surface area contributed by atoms with Gasteiger partial charge in [-0.15, -0.1) is 0 Å². The highest BCUT2D eigenvalue weighted by molar-refractivity contribution is 5.98. The summed E-state index contributed by atoms with van der Waals surface area (Å²) < 4.78 is 1.59. The molecular weight excluding hydrogens is 248 g/mol. The van der Waals surface area contributed by atoms with E-state index in [1.807, 2.05) is 0 Å². The summed E-state index contributed by atoms with van der Waals surface area (Å²) in [6, 6.07) is 0. The number of primary amides is 1. The number of nitrogens with one attached hydrogen (secondary N) is 1. The second-order valence-electron chi connectivity index (χ2n) is 4.43. The van der Waals surface area contributed by atoms with E-state index >= 15 is 0 Å². The molecule has 0 fully saturated rings. The van der Waals surface area contributed by atoms with Gasteiger partial charge in [0.2, 0.25) is 0 Å². The summed E-state index contributed by atoms with van der Waals surface area (Å²) >= 11 is 0. The fourth-order valence-electron chi connectivity index (χ4n) is 1.94. The van der Waals surface area contributed by atoms with Gasteiger partial charge in [0, 0.05) is 20.0 Å². The minimum atomic E-state index is -0.772. The van der Waals surface area contributed by atoms with Crippen LogP contribution in [0.5, 0.6) is 0 Å². The van der Waals surface area contributed by atoms with Crippen LogP contribution in [-0.4, -0.2) is 33.3 Å². The van der Waals surface area contributed by atoms with Crippen LogP contribution in [0, 0.1) is 6.92 Å². The van der Waals surface area contributed by atoms with Crippen LogP contribution in [0.1, 0.15) is 41.7 Å². The number of aromatic nitrogens is 2. The minimum absolute atomic E-state index is 0.192. The molecule has 19 heavy (non-hydrogen) atoms.